The van der Waals surface area contributed by atoms with Crippen LogP contribution in [0.25, 0.3) is 0 Å². The number of nitrogens with zero attached hydrogens (tertiary/aromatic N) is 2. The molecule has 8 nitrogen and oxygen atoms in total. The number of amides is 2. The molecule has 0 radical (unpaired) electrons. The average Bonchev–Trinajstić information content (AvgIpc) is 3.20. The predicted octanol–water partition coefficient (Wildman–Crippen LogP) is 2.10. The molecule has 1 N–H and O–H groups in total. The van der Waals surface area contributed by atoms with Crippen LogP contribution >= 0.6 is 11.6 Å². The Morgan fingerprint density at radius 3 is 2.74 bits per heavy atom. The summed E-state index contributed by atoms with van der Waals surface area (Å²) in [6, 6.07) is 5.95. The van der Waals surface area contributed by atoms with E-state index in [1.54, 1.807) is 36.4 Å². The third-order valence-electron chi connectivity index (χ3n) is 7.09. The topological polar surface area (TPSA) is 96.4 Å². The fraction of sp³-hybridized carbons (Fsp3) is 0.480. The summed E-state index contributed by atoms with van der Waals surface area (Å²) >= 11 is 6.40. The average molecular weight is 487 g/mol. The molecule has 2 fully saturated rings. The molecule has 4 aliphatic rings. The number of anilines is 1. The van der Waals surface area contributed by atoms with Gasteiger partial charge < -0.3 is 24.4 Å². The number of aliphatic hydroxyl groups is 1. The maximum absolute atomic E-state index is 14.0. The number of cyclic esters (lactones) is 1. The molecule has 5 rings (SSSR count). The number of aliphatic hydroxyl groups excluding tert-OH is 1. The number of likely N-dealkylation sites (tertiary alicyclic amines) is 1. The quantitative estimate of drug-likeness (QED) is 0.519. The Morgan fingerprint density at radius 2 is 1.94 bits per heavy atom. The van der Waals surface area contributed by atoms with Gasteiger partial charge in [-0.3, -0.25) is 14.4 Å². The summed E-state index contributed by atoms with van der Waals surface area (Å²) < 4.78 is 12.0. The standard InChI is InChI=1S/C25H27ClN2O6/c26-16-8-4-5-9-17(16)27-12-7-11-25-20(22(30)28(13-14-29)21(25)23(27)31)19-18(34-25)10-3-1-2-6-15-33-24(19)32/h3-5,7-11,18-21,29H,1-2,6,12-15H2/b10-3-/t18-,19+,20-,21?,25-/m0/s1. The van der Waals surface area contributed by atoms with Crippen LogP contribution in [0.1, 0.15) is 19.3 Å². The number of hydrogen-bond acceptors (Lipinski definition) is 6. The number of ether oxygens (including phenoxy) is 2. The smallest absolute Gasteiger partial charge is 0.312 e. The highest BCUT2D eigenvalue weighted by atomic mass is 35.5. The summed E-state index contributed by atoms with van der Waals surface area (Å²) in [6.07, 6.45) is 9.07. The van der Waals surface area contributed by atoms with Gasteiger partial charge in [0.2, 0.25) is 5.91 Å². The Hall–Kier alpha value is -2.68. The molecule has 4 heterocycles. The van der Waals surface area contributed by atoms with E-state index in [1.165, 1.54) is 9.80 Å². The van der Waals surface area contributed by atoms with Gasteiger partial charge in [-0.15, -0.1) is 0 Å². The number of carbonyl (C=O) groups excluding carboxylic acids is 3. The molecule has 1 aromatic rings. The Balaban J connectivity index is 1.61. The van der Waals surface area contributed by atoms with E-state index in [1.807, 2.05) is 12.2 Å². The molecule has 9 heteroatoms. The van der Waals surface area contributed by atoms with Crippen LogP contribution in [0.3, 0.4) is 0 Å². The minimum Gasteiger partial charge on any atom is -0.465 e. The van der Waals surface area contributed by atoms with E-state index in [-0.39, 0.29) is 32.2 Å². The molecule has 1 unspecified atom stereocenters. The van der Waals surface area contributed by atoms with Crippen molar-refractivity contribution < 1.29 is 29.0 Å². The number of allylic oxidation sites excluding steroid dienone is 1. The van der Waals surface area contributed by atoms with Gasteiger partial charge in [0.25, 0.3) is 5.91 Å². The first-order valence-electron chi connectivity index (χ1n) is 11.7. The van der Waals surface area contributed by atoms with Gasteiger partial charge in [-0.2, -0.15) is 0 Å². The summed E-state index contributed by atoms with van der Waals surface area (Å²) in [5.41, 5.74) is -0.835. The van der Waals surface area contributed by atoms with Gasteiger partial charge in [0, 0.05) is 13.1 Å². The van der Waals surface area contributed by atoms with Crippen molar-refractivity contribution >= 4 is 35.1 Å². The lowest BCUT2D eigenvalue weighted by Gasteiger charge is -2.35. The Labute approximate surface area is 202 Å². The van der Waals surface area contributed by atoms with Crippen LogP contribution < -0.4 is 4.90 Å². The summed E-state index contributed by atoms with van der Waals surface area (Å²) in [6.45, 7) is 0.131. The van der Waals surface area contributed by atoms with Crippen LogP contribution in [0.15, 0.2) is 48.6 Å². The van der Waals surface area contributed by atoms with Crippen LogP contribution in [-0.4, -0.2) is 71.8 Å². The van der Waals surface area contributed by atoms with Crippen molar-refractivity contribution in [3.63, 3.8) is 0 Å². The minimum absolute atomic E-state index is 0.0523. The maximum Gasteiger partial charge on any atom is 0.312 e. The molecule has 0 bridgehead atoms. The summed E-state index contributed by atoms with van der Waals surface area (Å²) in [4.78, 5) is 43.8. The van der Waals surface area contributed by atoms with Crippen molar-refractivity contribution in [3.8, 4) is 0 Å². The molecule has 2 saturated heterocycles. The minimum atomic E-state index is -1.36. The van der Waals surface area contributed by atoms with Gasteiger partial charge in [-0.05, 0) is 31.4 Å². The first kappa shape index (κ1) is 23.1. The highest BCUT2D eigenvalue weighted by molar-refractivity contribution is 6.34. The number of para-hydroxylation sites is 1. The van der Waals surface area contributed by atoms with Crippen LogP contribution in [0.4, 0.5) is 5.69 Å². The van der Waals surface area contributed by atoms with Crippen LogP contribution in [0.2, 0.25) is 5.02 Å². The Morgan fingerprint density at radius 1 is 1.12 bits per heavy atom. The van der Waals surface area contributed by atoms with E-state index in [4.69, 9.17) is 21.1 Å². The predicted molar refractivity (Wildman–Crippen MR) is 124 cm³/mol. The molecule has 0 saturated carbocycles. The van der Waals surface area contributed by atoms with E-state index in [0.29, 0.717) is 10.7 Å². The number of carbonyl (C=O) groups is 3. The fourth-order valence-electron chi connectivity index (χ4n) is 5.65. The molecule has 4 aliphatic heterocycles. The Kier molecular flexibility index (Phi) is 6.22. The second-order valence-corrected chi connectivity index (χ2v) is 9.40. The van der Waals surface area contributed by atoms with Crippen molar-refractivity contribution in [2.24, 2.45) is 11.8 Å². The van der Waals surface area contributed by atoms with Crippen molar-refractivity contribution in [2.45, 2.75) is 37.0 Å². The van der Waals surface area contributed by atoms with Crippen molar-refractivity contribution in [1.82, 2.24) is 4.90 Å². The highest BCUT2D eigenvalue weighted by Crippen LogP contribution is 2.53. The molecule has 1 spiro atoms. The number of benzene rings is 1. The van der Waals surface area contributed by atoms with Crippen LogP contribution in [0, 0.1) is 11.8 Å². The number of esters is 1. The lowest BCUT2D eigenvalue weighted by atomic mass is 9.78. The first-order chi connectivity index (χ1) is 16.5. The van der Waals surface area contributed by atoms with Crippen molar-refractivity contribution in [2.75, 3.05) is 31.2 Å². The van der Waals surface area contributed by atoms with Crippen LogP contribution in [0.5, 0.6) is 0 Å². The third kappa shape index (κ3) is 3.56. The summed E-state index contributed by atoms with van der Waals surface area (Å²) in [5, 5.41) is 10.1. The SMILES string of the molecule is O=C1OCCCC/C=C\[C@@H]2O[C@]34C=CCN(c5ccccc5Cl)C(=O)C3N(CCO)C(=O)[C@@H]4[C@H]12. The number of β-amino-alcohol motifs (C(OH)–C–C–N with tert-alkyl or cyclic N) is 1. The van der Waals surface area contributed by atoms with E-state index < -0.39 is 41.5 Å². The highest BCUT2D eigenvalue weighted by Gasteiger charge is 2.71. The molecule has 5 atom stereocenters. The van der Waals surface area contributed by atoms with Crippen molar-refractivity contribution in [1.29, 1.82) is 0 Å². The van der Waals surface area contributed by atoms with Crippen molar-refractivity contribution in [3.05, 3.63) is 53.6 Å². The van der Waals surface area contributed by atoms with Crippen LogP contribution in [-0.2, 0) is 23.9 Å². The van der Waals surface area contributed by atoms with E-state index >= 15 is 0 Å². The lowest BCUT2D eigenvalue weighted by Crippen LogP contribution is -2.55. The first-order valence-corrected chi connectivity index (χ1v) is 12.0. The van der Waals surface area contributed by atoms with Gasteiger partial charge in [-0.1, -0.05) is 48.0 Å². The van der Waals surface area contributed by atoms with Gasteiger partial charge in [0.1, 0.15) is 17.6 Å². The summed E-state index contributed by atoms with van der Waals surface area (Å²) in [5.74, 6) is -3.07. The van der Waals surface area contributed by atoms with E-state index in [9.17, 15) is 19.5 Å². The molecule has 34 heavy (non-hydrogen) atoms. The second kappa shape index (κ2) is 9.17. The van der Waals surface area contributed by atoms with Gasteiger partial charge in [-0.25, -0.2) is 0 Å². The fourth-order valence-corrected chi connectivity index (χ4v) is 5.89. The molecule has 1 aromatic carbocycles. The third-order valence-corrected chi connectivity index (χ3v) is 7.40. The largest absolute Gasteiger partial charge is 0.465 e. The molecule has 180 valence electrons. The number of hydrogen-bond donors (Lipinski definition) is 1. The zero-order valence-corrected chi connectivity index (χ0v) is 19.4. The van der Waals surface area contributed by atoms with E-state index in [0.717, 1.165) is 19.3 Å². The number of halogens is 1. The summed E-state index contributed by atoms with van der Waals surface area (Å²) in [7, 11) is 0. The molecule has 0 aromatic heterocycles. The molecule has 0 aliphatic carbocycles. The number of fused-ring (bicyclic) bond motifs is 2. The maximum atomic E-state index is 14.0. The van der Waals surface area contributed by atoms with Gasteiger partial charge in [0.05, 0.1) is 35.9 Å². The van der Waals surface area contributed by atoms with Gasteiger partial charge >= 0.3 is 5.97 Å². The zero-order valence-electron chi connectivity index (χ0n) is 18.6. The molecular formula is C25H27ClN2O6. The zero-order chi connectivity index (χ0) is 23.9. The monoisotopic (exact) mass is 486 g/mol. The molecule has 2 amide bonds. The van der Waals surface area contributed by atoms with E-state index in [2.05, 4.69) is 0 Å². The van der Waals surface area contributed by atoms with Gasteiger partial charge in [0.15, 0.2) is 0 Å². The lowest BCUT2D eigenvalue weighted by molar-refractivity contribution is -0.154. The molecular weight excluding hydrogens is 460 g/mol. The number of rotatable bonds is 3. The normalized spacial score (nSPS) is 34.2. The second-order valence-electron chi connectivity index (χ2n) is 8.99. The Bertz CT molecular complexity index is 1060.